The van der Waals surface area contributed by atoms with Crippen molar-refractivity contribution in [1.82, 2.24) is 20.2 Å². The molecule has 2 atom stereocenters. The van der Waals surface area contributed by atoms with Crippen molar-refractivity contribution in [3.05, 3.63) is 30.1 Å². The van der Waals surface area contributed by atoms with Crippen LogP contribution >= 0.6 is 0 Å². The summed E-state index contributed by atoms with van der Waals surface area (Å²) in [5, 5.41) is 3.16. The molecule has 0 bridgehead atoms. The van der Waals surface area contributed by atoms with Crippen LogP contribution in [0.25, 0.3) is 11.0 Å². The quantitative estimate of drug-likeness (QED) is 0.873. The van der Waals surface area contributed by atoms with E-state index in [1.165, 1.54) is 0 Å². The van der Waals surface area contributed by atoms with Crippen molar-refractivity contribution in [1.29, 1.82) is 0 Å². The standard InChI is InChI=1S/C15H20N4O/c1-10-8-19(2)6-5-12(10)18-15(20)11-3-4-13-14(7-11)17-9-16-13/h3-4,7,9-10,12H,5-6,8H2,1-2H3,(H,16,17)(H,18,20). The summed E-state index contributed by atoms with van der Waals surface area (Å²) in [7, 11) is 2.13. The van der Waals surface area contributed by atoms with Gasteiger partial charge in [-0.2, -0.15) is 0 Å². The molecule has 1 saturated heterocycles. The lowest BCUT2D eigenvalue weighted by Gasteiger charge is -2.35. The van der Waals surface area contributed by atoms with E-state index in [4.69, 9.17) is 0 Å². The van der Waals surface area contributed by atoms with E-state index < -0.39 is 0 Å². The number of carbonyl (C=O) groups is 1. The smallest absolute Gasteiger partial charge is 0.251 e. The van der Waals surface area contributed by atoms with Crippen LogP contribution < -0.4 is 5.32 Å². The Morgan fingerprint density at radius 3 is 3.15 bits per heavy atom. The van der Waals surface area contributed by atoms with E-state index in [-0.39, 0.29) is 11.9 Å². The number of imidazole rings is 1. The molecular formula is C15H20N4O. The van der Waals surface area contributed by atoms with Gasteiger partial charge in [-0.1, -0.05) is 6.92 Å². The molecule has 5 nitrogen and oxygen atoms in total. The summed E-state index contributed by atoms with van der Waals surface area (Å²) >= 11 is 0. The fourth-order valence-corrected chi connectivity index (χ4v) is 2.90. The van der Waals surface area contributed by atoms with Crippen LogP contribution in [0.2, 0.25) is 0 Å². The van der Waals surface area contributed by atoms with Crippen molar-refractivity contribution in [3.63, 3.8) is 0 Å². The molecular weight excluding hydrogens is 252 g/mol. The molecule has 2 aromatic rings. The Labute approximate surface area is 118 Å². The summed E-state index contributed by atoms with van der Waals surface area (Å²) in [6.45, 7) is 4.26. The molecule has 0 radical (unpaired) electrons. The number of nitrogens with zero attached hydrogens (tertiary/aromatic N) is 2. The summed E-state index contributed by atoms with van der Waals surface area (Å²) in [4.78, 5) is 21.9. The summed E-state index contributed by atoms with van der Waals surface area (Å²) in [6.07, 6.45) is 2.65. The molecule has 3 rings (SSSR count). The summed E-state index contributed by atoms with van der Waals surface area (Å²) in [5.74, 6) is 0.483. The van der Waals surface area contributed by atoms with Crippen LogP contribution in [-0.2, 0) is 0 Å². The zero-order chi connectivity index (χ0) is 14.1. The van der Waals surface area contributed by atoms with Crippen LogP contribution in [0.4, 0.5) is 0 Å². The predicted octanol–water partition coefficient (Wildman–Crippen LogP) is 1.63. The molecule has 1 fully saturated rings. The highest BCUT2D eigenvalue weighted by molar-refractivity contribution is 5.97. The summed E-state index contributed by atoms with van der Waals surface area (Å²) < 4.78 is 0. The van der Waals surface area contributed by atoms with Gasteiger partial charge in [0.15, 0.2) is 0 Å². The lowest BCUT2D eigenvalue weighted by atomic mass is 9.94. The van der Waals surface area contributed by atoms with Gasteiger partial charge in [0.05, 0.1) is 17.4 Å². The van der Waals surface area contributed by atoms with E-state index in [0.29, 0.717) is 11.5 Å². The molecule has 1 aromatic heterocycles. The molecule has 1 aliphatic heterocycles. The summed E-state index contributed by atoms with van der Waals surface area (Å²) in [5.41, 5.74) is 2.47. The van der Waals surface area contributed by atoms with Gasteiger partial charge in [0, 0.05) is 18.2 Å². The molecule has 0 spiro atoms. The highest BCUT2D eigenvalue weighted by Crippen LogP contribution is 2.17. The van der Waals surface area contributed by atoms with Crippen molar-refractivity contribution in [2.24, 2.45) is 5.92 Å². The van der Waals surface area contributed by atoms with E-state index in [1.54, 1.807) is 6.33 Å². The van der Waals surface area contributed by atoms with Crippen molar-refractivity contribution in [2.75, 3.05) is 20.1 Å². The lowest BCUT2D eigenvalue weighted by Crippen LogP contribution is -2.48. The highest BCUT2D eigenvalue weighted by Gasteiger charge is 2.25. The van der Waals surface area contributed by atoms with Gasteiger partial charge in [0.25, 0.3) is 5.91 Å². The van der Waals surface area contributed by atoms with Crippen LogP contribution in [0.3, 0.4) is 0 Å². The van der Waals surface area contributed by atoms with Crippen LogP contribution in [0.5, 0.6) is 0 Å². The van der Waals surface area contributed by atoms with Gasteiger partial charge in [-0.15, -0.1) is 0 Å². The van der Waals surface area contributed by atoms with Crippen molar-refractivity contribution < 1.29 is 4.79 Å². The molecule has 2 N–H and O–H groups in total. The Hall–Kier alpha value is -1.88. The van der Waals surface area contributed by atoms with Crippen molar-refractivity contribution in [3.8, 4) is 0 Å². The molecule has 0 saturated carbocycles. The zero-order valence-electron chi connectivity index (χ0n) is 11.9. The van der Waals surface area contributed by atoms with Crippen LogP contribution in [-0.4, -0.2) is 47.0 Å². The zero-order valence-corrected chi connectivity index (χ0v) is 11.9. The van der Waals surface area contributed by atoms with Gasteiger partial charge in [0.1, 0.15) is 0 Å². The highest BCUT2D eigenvalue weighted by atomic mass is 16.1. The van der Waals surface area contributed by atoms with Crippen LogP contribution in [0, 0.1) is 5.92 Å². The number of hydrogen-bond donors (Lipinski definition) is 2. The monoisotopic (exact) mass is 272 g/mol. The maximum Gasteiger partial charge on any atom is 0.251 e. The van der Waals surface area contributed by atoms with Crippen molar-refractivity contribution >= 4 is 16.9 Å². The Balaban J connectivity index is 1.72. The normalized spacial score (nSPS) is 23.9. The third kappa shape index (κ3) is 2.54. The van der Waals surface area contributed by atoms with E-state index in [0.717, 1.165) is 30.5 Å². The number of benzene rings is 1. The van der Waals surface area contributed by atoms with Gasteiger partial charge < -0.3 is 15.2 Å². The summed E-state index contributed by atoms with van der Waals surface area (Å²) in [6, 6.07) is 5.82. The number of aromatic amines is 1. The number of carbonyl (C=O) groups excluding carboxylic acids is 1. The average Bonchev–Trinajstić information content (AvgIpc) is 2.89. The first-order valence-corrected chi connectivity index (χ1v) is 7.06. The second-order valence-corrected chi connectivity index (χ2v) is 5.74. The molecule has 1 amide bonds. The second-order valence-electron chi connectivity index (χ2n) is 5.74. The maximum atomic E-state index is 12.3. The topological polar surface area (TPSA) is 61.0 Å². The fraction of sp³-hybridized carbons (Fsp3) is 0.467. The SMILES string of the molecule is CC1CN(C)CCC1NC(=O)c1ccc2nc[nH]c2c1. The second kappa shape index (κ2) is 5.25. The van der Waals surface area contributed by atoms with Gasteiger partial charge in [-0.3, -0.25) is 4.79 Å². The van der Waals surface area contributed by atoms with E-state index in [9.17, 15) is 4.79 Å². The largest absolute Gasteiger partial charge is 0.349 e. The number of hydrogen-bond acceptors (Lipinski definition) is 3. The molecule has 1 aromatic carbocycles. The number of amides is 1. The molecule has 1 aliphatic rings. The Morgan fingerprint density at radius 2 is 2.35 bits per heavy atom. The third-order valence-electron chi connectivity index (χ3n) is 4.11. The van der Waals surface area contributed by atoms with E-state index in [1.807, 2.05) is 18.2 Å². The first-order chi connectivity index (χ1) is 9.63. The fourth-order valence-electron chi connectivity index (χ4n) is 2.90. The van der Waals surface area contributed by atoms with Gasteiger partial charge in [-0.05, 0) is 44.1 Å². The number of aromatic nitrogens is 2. The lowest BCUT2D eigenvalue weighted by molar-refractivity contribution is 0.0884. The minimum Gasteiger partial charge on any atom is -0.349 e. The van der Waals surface area contributed by atoms with Gasteiger partial charge in [0.2, 0.25) is 0 Å². The minimum absolute atomic E-state index is 0.00269. The number of fused-ring (bicyclic) bond motifs is 1. The number of piperidine rings is 1. The Morgan fingerprint density at radius 1 is 1.50 bits per heavy atom. The maximum absolute atomic E-state index is 12.3. The number of likely N-dealkylation sites (tertiary alicyclic amines) is 1. The van der Waals surface area contributed by atoms with Crippen molar-refractivity contribution in [2.45, 2.75) is 19.4 Å². The van der Waals surface area contributed by atoms with Gasteiger partial charge in [-0.25, -0.2) is 4.98 Å². The van der Waals surface area contributed by atoms with Crippen LogP contribution in [0.15, 0.2) is 24.5 Å². The number of H-pyrrole nitrogens is 1. The molecule has 20 heavy (non-hydrogen) atoms. The molecule has 0 aliphatic carbocycles. The van der Waals surface area contributed by atoms with Crippen LogP contribution in [0.1, 0.15) is 23.7 Å². The van der Waals surface area contributed by atoms with E-state index in [2.05, 4.69) is 34.2 Å². The first kappa shape index (κ1) is 13.1. The molecule has 2 heterocycles. The predicted molar refractivity (Wildman–Crippen MR) is 78.6 cm³/mol. The Kier molecular flexibility index (Phi) is 3.44. The molecule has 2 unspecified atom stereocenters. The van der Waals surface area contributed by atoms with Gasteiger partial charge >= 0.3 is 0 Å². The average molecular weight is 272 g/mol. The minimum atomic E-state index is 0.00269. The molecule has 5 heteroatoms. The first-order valence-electron chi connectivity index (χ1n) is 7.06. The van der Waals surface area contributed by atoms with E-state index >= 15 is 0 Å². The third-order valence-corrected chi connectivity index (χ3v) is 4.11. The number of rotatable bonds is 2. The number of nitrogens with one attached hydrogen (secondary N) is 2. The Bertz CT molecular complexity index is 621. The molecule has 106 valence electrons.